The van der Waals surface area contributed by atoms with Crippen molar-refractivity contribution in [3.8, 4) is 5.75 Å². The molecule has 0 saturated carbocycles. The van der Waals surface area contributed by atoms with Crippen LogP contribution in [0.4, 0.5) is 5.69 Å². The standard InChI is InChI=1S/C20H24N2O2/c1-15(21-14-16-5-3-6-19(13-16)24-2)17-8-10-18(11-9-17)22-12-4-7-20(22)23/h3,5-6,8-11,13,15,21H,4,7,12,14H2,1-2H3/t15-/m0/s1. The first-order valence-corrected chi connectivity index (χ1v) is 8.44. The van der Waals surface area contributed by atoms with Crippen molar-refractivity contribution in [1.29, 1.82) is 0 Å². The molecule has 2 aromatic rings. The number of hydrogen-bond donors (Lipinski definition) is 1. The quantitative estimate of drug-likeness (QED) is 0.881. The van der Waals surface area contributed by atoms with Gasteiger partial charge in [-0.2, -0.15) is 0 Å². The summed E-state index contributed by atoms with van der Waals surface area (Å²) in [4.78, 5) is 13.7. The number of benzene rings is 2. The molecule has 126 valence electrons. The van der Waals surface area contributed by atoms with E-state index in [1.807, 2.05) is 35.2 Å². The highest BCUT2D eigenvalue weighted by Gasteiger charge is 2.21. The molecule has 0 bridgehead atoms. The number of methoxy groups -OCH3 is 1. The Hall–Kier alpha value is -2.33. The van der Waals surface area contributed by atoms with E-state index in [1.54, 1.807) is 7.11 Å². The molecule has 1 saturated heterocycles. The first kappa shape index (κ1) is 16.5. The molecule has 0 aromatic heterocycles. The SMILES string of the molecule is COc1cccc(CN[C@@H](C)c2ccc(N3CCCC3=O)cc2)c1. The van der Waals surface area contributed by atoms with Gasteiger partial charge in [-0.1, -0.05) is 24.3 Å². The zero-order valence-electron chi connectivity index (χ0n) is 14.3. The first-order valence-electron chi connectivity index (χ1n) is 8.44. The second kappa shape index (κ2) is 7.49. The number of carbonyl (C=O) groups is 1. The molecular weight excluding hydrogens is 300 g/mol. The average molecular weight is 324 g/mol. The highest BCUT2D eigenvalue weighted by Crippen LogP contribution is 2.23. The lowest BCUT2D eigenvalue weighted by atomic mass is 10.1. The van der Waals surface area contributed by atoms with Crippen LogP contribution in [-0.4, -0.2) is 19.6 Å². The minimum atomic E-state index is 0.229. The maximum Gasteiger partial charge on any atom is 0.227 e. The molecule has 1 N–H and O–H groups in total. The molecule has 0 aliphatic carbocycles. The third-order valence-electron chi connectivity index (χ3n) is 4.52. The van der Waals surface area contributed by atoms with E-state index in [2.05, 4.69) is 30.4 Å². The third-order valence-corrected chi connectivity index (χ3v) is 4.52. The van der Waals surface area contributed by atoms with Crippen LogP contribution in [-0.2, 0) is 11.3 Å². The Morgan fingerprint density at radius 3 is 2.67 bits per heavy atom. The molecule has 0 spiro atoms. The zero-order valence-corrected chi connectivity index (χ0v) is 14.3. The summed E-state index contributed by atoms with van der Waals surface area (Å²) in [5, 5.41) is 3.53. The van der Waals surface area contributed by atoms with E-state index >= 15 is 0 Å². The Kier molecular flexibility index (Phi) is 5.16. The van der Waals surface area contributed by atoms with E-state index in [9.17, 15) is 4.79 Å². The van der Waals surface area contributed by atoms with Gasteiger partial charge in [0.1, 0.15) is 5.75 Å². The summed E-state index contributed by atoms with van der Waals surface area (Å²) in [5.41, 5.74) is 3.41. The van der Waals surface area contributed by atoms with Crippen LogP contribution in [0.1, 0.15) is 36.9 Å². The summed E-state index contributed by atoms with van der Waals surface area (Å²) in [6.45, 7) is 3.77. The van der Waals surface area contributed by atoms with Gasteiger partial charge in [0.25, 0.3) is 0 Å². The van der Waals surface area contributed by atoms with E-state index < -0.39 is 0 Å². The normalized spacial score (nSPS) is 15.6. The topological polar surface area (TPSA) is 41.6 Å². The Morgan fingerprint density at radius 2 is 2.00 bits per heavy atom. The van der Waals surface area contributed by atoms with Crippen LogP contribution in [0.2, 0.25) is 0 Å². The molecule has 4 heteroatoms. The van der Waals surface area contributed by atoms with Crippen molar-refractivity contribution in [2.45, 2.75) is 32.4 Å². The minimum Gasteiger partial charge on any atom is -0.497 e. The Morgan fingerprint density at radius 1 is 1.21 bits per heavy atom. The second-order valence-corrected chi connectivity index (χ2v) is 6.19. The number of carbonyl (C=O) groups excluding carboxylic acids is 1. The number of nitrogens with zero attached hydrogens (tertiary/aromatic N) is 1. The highest BCUT2D eigenvalue weighted by molar-refractivity contribution is 5.95. The predicted molar refractivity (Wildman–Crippen MR) is 96.3 cm³/mol. The molecule has 4 nitrogen and oxygen atoms in total. The third kappa shape index (κ3) is 3.77. The van der Waals surface area contributed by atoms with Crippen molar-refractivity contribution >= 4 is 11.6 Å². The molecule has 2 aromatic carbocycles. The van der Waals surface area contributed by atoms with E-state index in [1.165, 1.54) is 11.1 Å². The van der Waals surface area contributed by atoms with Crippen molar-refractivity contribution in [2.75, 3.05) is 18.6 Å². The lowest BCUT2D eigenvalue weighted by Crippen LogP contribution is -2.23. The summed E-state index contributed by atoms with van der Waals surface area (Å²) in [7, 11) is 1.68. The van der Waals surface area contributed by atoms with Crippen LogP contribution in [0, 0.1) is 0 Å². The van der Waals surface area contributed by atoms with Crippen LogP contribution >= 0.6 is 0 Å². The summed E-state index contributed by atoms with van der Waals surface area (Å²) < 4.78 is 5.26. The molecule has 24 heavy (non-hydrogen) atoms. The number of nitrogens with one attached hydrogen (secondary N) is 1. The molecule has 1 heterocycles. The smallest absolute Gasteiger partial charge is 0.227 e. The van der Waals surface area contributed by atoms with Gasteiger partial charge in [-0.05, 0) is 48.7 Å². The fourth-order valence-electron chi connectivity index (χ4n) is 3.04. The fourth-order valence-corrected chi connectivity index (χ4v) is 3.04. The van der Waals surface area contributed by atoms with Gasteiger partial charge < -0.3 is 15.0 Å². The van der Waals surface area contributed by atoms with E-state index in [0.717, 1.165) is 30.9 Å². The molecule has 1 aliphatic rings. The van der Waals surface area contributed by atoms with E-state index in [0.29, 0.717) is 6.42 Å². The van der Waals surface area contributed by atoms with Crippen LogP contribution < -0.4 is 15.0 Å². The summed E-state index contributed by atoms with van der Waals surface area (Å²) >= 11 is 0. The number of hydrogen-bond acceptors (Lipinski definition) is 3. The Labute approximate surface area is 143 Å². The van der Waals surface area contributed by atoms with Gasteiger partial charge in [-0.15, -0.1) is 0 Å². The molecule has 1 fully saturated rings. The zero-order chi connectivity index (χ0) is 16.9. The average Bonchev–Trinajstić information content (AvgIpc) is 3.06. The van der Waals surface area contributed by atoms with Crippen LogP contribution in [0.15, 0.2) is 48.5 Å². The van der Waals surface area contributed by atoms with Gasteiger partial charge >= 0.3 is 0 Å². The second-order valence-electron chi connectivity index (χ2n) is 6.19. The number of anilines is 1. The number of ether oxygens (including phenoxy) is 1. The molecule has 3 rings (SSSR count). The molecular formula is C20H24N2O2. The lowest BCUT2D eigenvalue weighted by molar-refractivity contribution is -0.117. The van der Waals surface area contributed by atoms with Crippen molar-refractivity contribution in [3.63, 3.8) is 0 Å². The van der Waals surface area contributed by atoms with Gasteiger partial charge in [0.05, 0.1) is 7.11 Å². The fraction of sp³-hybridized carbons (Fsp3) is 0.350. The van der Waals surface area contributed by atoms with Crippen molar-refractivity contribution < 1.29 is 9.53 Å². The van der Waals surface area contributed by atoms with Gasteiger partial charge in [-0.3, -0.25) is 4.79 Å². The predicted octanol–water partition coefficient (Wildman–Crippen LogP) is 3.67. The van der Waals surface area contributed by atoms with Gasteiger partial charge in [0.2, 0.25) is 5.91 Å². The first-order chi connectivity index (χ1) is 11.7. The maximum absolute atomic E-state index is 11.8. The van der Waals surface area contributed by atoms with Crippen LogP contribution in [0.5, 0.6) is 5.75 Å². The largest absolute Gasteiger partial charge is 0.497 e. The van der Waals surface area contributed by atoms with Crippen molar-refractivity contribution in [3.05, 3.63) is 59.7 Å². The van der Waals surface area contributed by atoms with Crippen molar-refractivity contribution in [2.24, 2.45) is 0 Å². The molecule has 1 aliphatic heterocycles. The summed E-state index contributed by atoms with van der Waals surface area (Å²) in [5.74, 6) is 1.11. The van der Waals surface area contributed by atoms with E-state index in [-0.39, 0.29) is 11.9 Å². The Balaban J connectivity index is 1.60. The minimum absolute atomic E-state index is 0.229. The molecule has 1 amide bonds. The molecule has 1 atom stereocenters. The maximum atomic E-state index is 11.8. The summed E-state index contributed by atoms with van der Waals surface area (Å²) in [6, 6.07) is 16.6. The Bertz CT molecular complexity index is 697. The van der Waals surface area contributed by atoms with E-state index in [4.69, 9.17) is 4.74 Å². The number of amides is 1. The number of rotatable bonds is 6. The van der Waals surface area contributed by atoms with Gasteiger partial charge in [0, 0.05) is 31.2 Å². The summed E-state index contributed by atoms with van der Waals surface area (Å²) in [6.07, 6.45) is 1.62. The van der Waals surface area contributed by atoms with Gasteiger partial charge in [-0.25, -0.2) is 0 Å². The van der Waals surface area contributed by atoms with Gasteiger partial charge in [0.15, 0.2) is 0 Å². The monoisotopic (exact) mass is 324 g/mol. The van der Waals surface area contributed by atoms with Crippen LogP contribution in [0.3, 0.4) is 0 Å². The molecule has 0 unspecified atom stereocenters. The van der Waals surface area contributed by atoms with Crippen molar-refractivity contribution in [1.82, 2.24) is 5.32 Å². The highest BCUT2D eigenvalue weighted by atomic mass is 16.5. The molecule has 0 radical (unpaired) electrons. The lowest BCUT2D eigenvalue weighted by Gasteiger charge is -2.18. The van der Waals surface area contributed by atoms with Crippen LogP contribution in [0.25, 0.3) is 0 Å².